The van der Waals surface area contributed by atoms with Gasteiger partial charge in [0.05, 0.1) is 12.5 Å². The fourth-order valence-corrected chi connectivity index (χ4v) is 3.51. The maximum absolute atomic E-state index is 11.7. The zero-order valence-corrected chi connectivity index (χ0v) is 12.2. The number of carboxylic acid groups (broad SMARTS) is 1. The van der Waals surface area contributed by atoms with Gasteiger partial charge in [0.25, 0.3) is 0 Å². The van der Waals surface area contributed by atoms with Gasteiger partial charge in [0.2, 0.25) is 0 Å². The zero-order valence-electron chi connectivity index (χ0n) is 10.6. The molecule has 1 aliphatic rings. The van der Waals surface area contributed by atoms with Gasteiger partial charge >= 0.3 is 5.97 Å². The van der Waals surface area contributed by atoms with Gasteiger partial charge in [0.1, 0.15) is 5.75 Å². The molecule has 0 aromatic heterocycles. The van der Waals surface area contributed by atoms with E-state index in [-0.39, 0.29) is 0 Å². The first-order valence-electron chi connectivity index (χ1n) is 6.09. The number of carbonyl (C=O) groups is 1. The summed E-state index contributed by atoms with van der Waals surface area (Å²) in [6.07, 6.45) is 3.30. The van der Waals surface area contributed by atoms with Crippen LogP contribution in [0, 0.1) is 6.92 Å². The first kappa shape index (κ1) is 13.4. The number of aryl methyl sites for hydroxylation is 1. The molecule has 4 heteroatoms. The molecule has 2 rings (SSSR count). The lowest BCUT2D eigenvalue weighted by Gasteiger charge is -2.27. The average Bonchev–Trinajstić information content (AvgIpc) is 2.78. The highest BCUT2D eigenvalue weighted by Gasteiger charge is 2.45. The molecule has 0 spiro atoms. The van der Waals surface area contributed by atoms with Crippen molar-refractivity contribution in [2.75, 3.05) is 7.11 Å². The number of hydrogen-bond acceptors (Lipinski definition) is 2. The molecule has 0 radical (unpaired) electrons. The molecule has 18 heavy (non-hydrogen) atoms. The normalized spacial score (nSPS) is 17.7. The molecule has 1 aromatic carbocycles. The fourth-order valence-electron chi connectivity index (χ4n) is 2.93. The Hall–Kier alpha value is -1.03. The van der Waals surface area contributed by atoms with E-state index in [9.17, 15) is 9.90 Å². The van der Waals surface area contributed by atoms with Crippen LogP contribution < -0.4 is 4.74 Å². The lowest BCUT2D eigenvalue weighted by molar-refractivity contribution is -0.143. The summed E-state index contributed by atoms with van der Waals surface area (Å²) < 4.78 is 6.34. The Morgan fingerprint density at radius 1 is 1.39 bits per heavy atom. The highest BCUT2D eigenvalue weighted by molar-refractivity contribution is 9.10. The van der Waals surface area contributed by atoms with Crippen molar-refractivity contribution >= 4 is 21.9 Å². The van der Waals surface area contributed by atoms with Gasteiger partial charge in [-0.15, -0.1) is 0 Å². The van der Waals surface area contributed by atoms with Crippen molar-refractivity contribution in [1.82, 2.24) is 0 Å². The summed E-state index contributed by atoms with van der Waals surface area (Å²) in [7, 11) is 1.60. The Kier molecular flexibility index (Phi) is 3.66. The van der Waals surface area contributed by atoms with Crippen LogP contribution in [0.5, 0.6) is 5.75 Å². The third kappa shape index (κ3) is 2.03. The highest BCUT2D eigenvalue weighted by atomic mass is 79.9. The summed E-state index contributed by atoms with van der Waals surface area (Å²) in [6, 6.07) is 3.85. The topological polar surface area (TPSA) is 46.5 Å². The van der Waals surface area contributed by atoms with Crippen LogP contribution in [0.2, 0.25) is 0 Å². The van der Waals surface area contributed by atoms with E-state index in [1.807, 2.05) is 19.1 Å². The Labute approximate surface area is 115 Å². The molecule has 0 heterocycles. The lowest BCUT2D eigenvalue weighted by Crippen LogP contribution is -2.33. The quantitative estimate of drug-likeness (QED) is 0.926. The van der Waals surface area contributed by atoms with Crippen molar-refractivity contribution in [3.05, 3.63) is 27.7 Å². The fraction of sp³-hybridized carbons (Fsp3) is 0.500. The second-order valence-electron chi connectivity index (χ2n) is 4.90. The van der Waals surface area contributed by atoms with Crippen LogP contribution in [-0.4, -0.2) is 18.2 Å². The Balaban J connectivity index is 2.64. The second kappa shape index (κ2) is 4.92. The van der Waals surface area contributed by atoms with E-state index in [1.165, 1.54) is 0 Å². The Bertz CT molecular complexity index is 476. The predicted molar refractivity (Wildman–Crippen MR) is 73.2 cm³/mol. The molecule has 0 atom stereocenters. The van der Waals surface area contributed by atoms with Crippen LogP contribution >= 0.6 is 15.9 Å². The number of ether oxygens (including phenoxy) is 1. The van der Waals surface area contributed by atoms with E-state index in [2.05, 4.69) is 15.9 Å². The summed E-state index contributed by atoms with van der Waals surface area (Å²) in [5.74, 6) is -0.0294. The van der Waals surface area contributed by atoms with Crippen molar-refractivity contribution in [3.63, 3.8) is 0 Å². The number of halogens is 1. The first-order chi connectivity index (χ1) is 8.51. The predicted octanol–water partition coefficient (Wildman–Crippen LogP) is 3.66. The van der Waals surface area contributed by atoms with Crippen molar-refractivity contribution in [2.45, 2.75) is 38.0 Å². The van der Waals surface area contributed by atoms with Crippen LogP contribution in [0.25, 0.3) is 0 Å². The molecule has 1 aliphatic carbocycles. The summed E-state index contributed by atoms with van der Waals surface area (Å²) in [4.78, 5) is 11.7. The molecule has 0 aliphatic heterocycles. The molecule has 0 amide bonds. The summed E-state index contributed by atoms with van der Waals surface area (Å²) in [6.45, 7) is 1.94. The molecule has 0 saturated heterocycles. The number of carboxylic acids is 1. The molecule has 0 bridgehead atoms. The van der Waals surface area contributed by atoms with Gasteiger partial charge in [0.15, 0.2) is 0 Å². The van der Waals surface area contributed by atoms with Crippen LogP contribution in [0.15, 0.2) is 16.6 Å². The van der Waals surface area contributed by atoms with Crippen molar-refractivity contribution < 1.29 is 14.6 Å². The molecule has 98 valence electrons. The van der Waals surface area contributed by atoms with Gasteiger partial charge in [-0.05, 0) is 37.5 Å². The largest absolute Gasteiger partial charge is 0.496 e. The van der Waals surface area contributed by atoms with E-state index in [0.29, 0.717) is 18.6 Å². The minimum Gasteiger partial charge on any atom is -0.496 e. The number of rotatable bonds is 3. The molecule has 3 nitrogen and oxygen atoms in total. The van der Waals surface area contributed by atoms with E-state index in [4.69, 9.17) is 4.74 Å². The first-order valence-corrected chi connectivity index (χ1v) is 6.88. The SMILES string of the molecule is COc1c(C)cc(Br)cc1C1(C(=O)O)CCCC1. The number of aliphatic carboxylic acids is 1. The number of methoxy groups -OCH3 is 1. The Morgan fingerprint density at radius 2 is 2.00 bits per heavy atom. The van der Waals surface area contributed by atoms with Crippen molar-refractivity contribution in [3.8, 4) is 5.75 Å². The Morgan fingerprint density at radius 3 is 2.50 bits per heavy atom. The van der Waals surface area contributed by atoms with E-state index in [1.54, 1.807) is 7.11 Å². The van der Waals surface area contributed by atoms with Gasteiger partial charge in [-0.2, -0.15) is 0 Å². The number of hydrogen-bond donors (Lipinski definition) is 1. The molecule has 1 N–H and O–H groups in total. The van der Waals surface area contributed by atoms with Crippen molar-refractivity contribution in [1.29, 1.82) is 0 Å². The van der Waals surface area contributed by atoms with Gasteiger partial charge in [0, 0.05) is 10.0 Å². The average molecular weight is 313 g/mol. The summed E-state index contributed by atoms with van der Waals surface area (Å²) in [5.41, 5.74) is 0.996. The highest BCUT2D eigenvalue weighted by Crippen LogP contribution is 2.46. The second-order valence-corrected chi connectivity index (χ2v) is 5.81. The van der Waals surface area contributed by atoms with Gasteiger partial charge < -0.3 is 9.84 Å². The maximum Gasteiger partial charge on any atom is 0.314 e. The van der Waals surface area contributed by atoms with Gasteiger partial charge in [-0.25, -0.2) is 0 Å². The summed E-state index contributed by atoms with van der Waals surface area (Å²) >= 11 is 3.45. The third-order valence-electron chi connectivity index (χ3n) is 3.83. The third-order valence-corrected chi connectivity index (χ3v) is 4.28. The van der Waals surface area contributed by atoms with Crippen LogP contribution in [-0.2, 0) is 10.2 Å². The van der Waals surface area contributed by atoms with E-state index < -0.39 is 11.4 Å². The molecule has 1 aromatic rings. The van der Waals surface area contributed by atoms with E-state index >= 15 is 0 Å². The van der Waals surface area contributed by atoms with Gasteiger partial charge in [-0.1, -0.05) is 28.8 Å². The van der Waals surface area contributed by atoms with E-state index in [0.717, 1.165) is 28.4 Å². The molecule has 1 fully saturated rings. The monoisotopic (exact) mass is 312 g/mol. The van der Waals surface area contributed by atoms with Crippen LogP contribution in [0.4, 0.5) is 0 Å². The standard InChI is InChI=1S/C14H17BrO3/c1-9-7-10(15)8-11(12(9)18-2)14(13(16)17)5-3-4-6-14/h7-8H,3-6H2,1-2H3,(H,16,17). The molecule has 0 unspecified atom stereocenters. The van der Waals surface area contributed by atoms with Crippen molar-refractivity contribution in [2.24, 2.45) is 0 Å². The minimum absolute atomic E-state index is 0.689. The minimum atomic E-state index is -0.778. The van der Waals surface area contributed by atoms with Gasteiger partial charge in [-0.3, -0.25) is 4.79 Å². The zero-order chi connectivity index (χ0) is 13.3. The molecule has 1 saturated carbocycles. The maximum atomic E-state index is 11.7. The summed E-state index contributed by atoms with van der Waals surface area (Å²) in [5, 5.41) is 9.65. The number of benzene rings is 1. The smallest absolute Gasteiger partial charge is 0.314 e. The van der Waals surface area contributed by atoms with Crippen LogP contribution in [0.3, 0.4) is 0 Å². The molecular weight excluding hydrogens is 296 g/mol. The van der Waals surface area contributed by atoms with Crippen LogP contribution in [0.1, 0.15) is 36.8 Å². The molecular formula is C14H17BrO3. The lowest BCUT2D eigenvalue weighted by atomic mass is 9.78.